The van der Waals surface area contributed by atoms with Crippen LogP contribution in [0.25, 0.3) is 0 Å². The van der Waals surface area contributed by atoms with Crippen LogP contribution < -0.4 is 10.6 Å². The molecular weight excluding hydrogens is 464 g/mol. The molecule has 134 valence electrons. The lowest BCUT2D eigenvalue weighted by Gasteiger charge is -2.03. The monoisotopic (exact) mass is 472 g/mol. The van der Waals surface area contributed by atoms with Crippen molar-refractivity contribution in [3.63, 3.8) is 0 Å². The summed E-state index contributed by atoms with van der Waals surface area (Å²) in [7, 11) is 0. The average molecular weight is 474 g/mol. The third kappa shape index (κ3) is 5.31. The molecule has 0 saturated heterocycles. The van der Waals surface area contributed by atoms with E-state index in [9.17, 15) is 9.59 Å². The number of nitrogens with zero attached hydrogens (tertiary/aromatic N) is 2. The van der Waals surface area contributed by atoms with E-state index >= 15 is 0 Å². The number of hydrogen-bond donors (Lipinski definition) is 2. The van der Waals surface area contributed by atoms with Gasteiger partial charge in [-0.05, 0) is 52.3 Å². The van der Waals surface area contributed by atoms with Gasteiger partial charge < -0.3 is 9.73 Å². The highest BCUT2D eigenvalue weighted by atomic mass is 79.9. The lowest BCUT2D eigenvalue weighted by Crippen LogP contribution is -2.13. The van der Waals surface area contributed by atoms with E-state index in [1.54, 1.807) is 30.3 Å². The highest BCUT2D eigenvalue weighted by Gasteiger charge is 2.14. The number of aromatic nitrogens is 2. The highest BCUT2D eigenvalue weighted by molar-refractivity contribution is 9.10. The number of anilines is 2. The Hall–Kier alpha value is -1.88. The Labute approximate surface area is 169 Å². The van der Waals surface area contributed by atoms with Crippen LogP contribution >= 0.6 is 50.6 Å². The van der Waals surface area contributed by atoms with Crippen LogP contribution in [-0.4, -0.2) is 27.8 Å². The Morgan fingerprint density at radius 3 is 2.62 bits per heavy atom. The van der Waals surface area contributed by atoms with E-state index in [0.717, 1.165) is 0 Å². The number of amides is 2. The third-order valence-corrected chi connectivity index (χ3v) is 5.53. The molecule has 0 saturated carbocycles. The zero-order valence-corrected chi connectivity index (χ0v) is 16.8. The van der Waals surface area contributed by atoms with Gasteiger partial charge in [0.15, 0.2) is 14.8 Å². The maximum Gasteiger partial charge on any atom is 0.293 e. The van der Waals surface area contributed by atoms with Crippen molar-refractivity contribution in [3.05, 3.63) is 51.9 Å². The standard InChI is InChI=1S/C15H10BrClN4O3S2/c16-11-6-5-10(24-11)13(23)19-14-20-21-15(26-14)25-7-12(22)18-9-3-1-8(17)2-4-9/h1-6H,7H2,(H,18,22)(H,19,20,23). The van der Waals surface area contributed by atoms with E-state index in [2.05, 4.69) is 36.8 Å². The summed E-state index contributed by atoms with van der Waals surface area (Å²) in [6, 6.07) is 9.99. The van der Waals surface area contributed by atoms with E-state index in [1.807, 2.05) is 0 Å². The summed E-state index contributed by atoms with van der Waals surface area (Å²) in [5.74, 6) is -0.290. The van der Waals surface area contributed by atoms with Gasteiger partial charge in [0, 0.05) is 10.7 Å². The van der Waals surface area contributed by atoms with Gasteiger partial charge in [-0.1, -0.05) is 34.7 Å². The van der Waals surface area contributed by atoms with Crippen LogP contribution in [0, 0.1) is 0 Å². The van der Waals surface area contributed by atoms with E-state index in [0.29, 0.717) is 24.9 Å². The summed E-state index contributed by atoms with van der Waals surface area (Å²) in [5.41, 5.74) is 0.662. The van der Waals surface area contributed by atoms with Crippen molar-refractivity contribution in [2.24, 2.45) is 0 Å². The molecule has 7 nitrogen and oxygen atoms in total. The van der Waals surface area contributed by atoms with Crippen molar-refractivity contribution in [1.82, 2.24) is 10.2 Å². The molecule has 0 aliphatic carbocycles. The average Bonchev–Trinajstić information content (AvgIpc) is 3.24. The van der Waals surface area contributed by atoms with Crippen LogP contribution in [0.15, 0.2) is 49.8 Å². The fourth-order valence-electron chi connectivity index (χ4n) is 1.77. The molecular formula is C15H10BrClN4O3S2. The fraction of sp³-hybridized carbons (Fsp3) is 0.0667. The molecule has 0 unspecified atom stereocenters. The molecule has 11 heteroatoms. The van der Waals surface area contributed by atoms with Gasteiger partial charge in [-0.3, -0.25) is 14.9 Å². The van der Waals surface area contributed by atoms with Crippen molar-refractivity contribution in [2.45, 2.75) is 4.34 Å². The summed E-state index contributed by atoms with van der Waals surface area (Å²) in [4.78, 5) is 23.9. The molecule has 0 spiro atoms. The molecule has 0 fully saturated rings. The summed E-state index contributed by atoms with van der Waals surface area (Å²) < 4.78 is 6.19. The largest absolute Gasteiger partial charge is 0.444 e. The van der Waals surface area contributed by atoms with Crippen LogP contribution in [0.1, 0.15) is 10.6 Å². The van der Waals surface area contributed by atoms with Crippen molar-refractivity contribution < 1.29 is 14.0 Å². The second-order valence-corrected chi connectivity index (χ2v) is 8.19. The number of nitrogens with one attached hydrogen (secondary N) is 2. The first-order valence-corrected chi connectivity index (χ1v) is 10.1. The lowest BCUT2D eigenvalue weighted by molar-refractivity contribution is -0.113. The minimum absolute atomic E-state index is 0.156. The third-order valence-electron chi connectivity index (χ3n) is 2.88. The smallest absolute Gasteiger partial charge is 0.293 e. The van der Waals surface area contributed by atoms with E-state index < -0.39 is 5.91 Å². The van der Waals surface area contributed by atoms with Crippen molar-refractivity contribution in [3.8, 4) is 0 Å². The minimum Gasteiger partial charge on any atom is -0.444 e. The molecule has 0 atom stereocenters. The van der Waals surface area contributed by atoms with Crippen LogP contribution in [0.3, 0.4) is 0 Å². The van der Waals surface area contributed by atoms with Gasteiger partial charge >= 0.3 is 0 Å². The Balaban J connectivity index is 1.49. The quantitative estimate of drug-likeness (QED) is 0.403. The molecule has 2 N–H and O–H groups in total. The number of furan rings is 1. The van der Waals surface area contributed by atoms with Crippen LogP contribution in [0.4, 0.5) is 10.8 Å². The van der Waals surface area contributed by atoms with Crippen LogP contribution in [-0.2, 0) is 4.79 Å². The van der Waals surface area contributed by atoms with Crippen LogP contribution in [0.2, 0.25) is 5.02 Å². The summed E-state index contributed by atoms with van der Waals surface area (Å²) in [6.07, 6.45) is 0. The summed E-state index contributed by atoms with van der Waals surface area (Å²) in [5, 5.41) is 14.1. The van der Waals surface area contributed by atoms with Gasteiger partial charge in [-0.15, -0.1) is 10.2 Å². The fourth-order valence-corrected chi connectivity index (χ4v) is 3.75. The van der Waals surface area contributed by atoms with Gasteiger partial charge in [0.25, 0.3) is 5.91 Å². The molecule has 3 aromatic rings. The molecule has 2 aromatic heterocycles. The predicted octanol–water partition coefficient (Wildman–Crippen LogP) is 4.53. The van der Waals surface area contributed by atoms with E-state index in [-0.39, 0.29) is 17.4 Å². The Bertz CT molecular complexity index is 929. The van der Waals surface area contributed by atoms with Crippen molar-refractivity contribution in [1.29, 1.82) is 0 Å². The van der Waals surface area contributed by atoms with E-state index in [4.69, 9.17) is 16.0 Å². The number of carbonyl (C=O) groups is 2. The molecule has 2 amide bonds. The first kappa shape index (κ1) is 18.9. The molecule has 26 heavy (non-hydrogen) atoms. The van der Waals surface area contributed by atoms with Crippen molar-refractivity contribution >= 4 is 73.3 Å². The second-order valence-electron chi connectivity index (χ2n) is 4.77. The number of hydrogen-bond acceptors (Lipinski definition) is 7. The van der Waals surface area contributed by atoms with Gasteiger partial charge in [-0.2, -0.15) is 0 Å². The maximum atomic E-state index is 12.0. The first-order valence-electron chi connectivity index (χ1n) is 7.08. The first-order chi connectivity index (χ1) is 12.5. The highest BCUT2D eigenvalue weighted by Crippen LogP contribution is 2.26. The number of carbonyl (C=O) groups excluding carboxylic acids is 2. The molecule has 0 radical (unpaired) electrons. The summed E-state index contributed by atoms with van der Waals surface area (Å²) in [6.45, 7) is 0. The molecule has 0 bridgehead atoms. The predicted molar refractivity (Wildman–Crippen MR) is 105 cm³/mol. The van der Waals surface area contributed by atoms with Gasteiger partial charge in [0.1, 0.15) is 0 Å². The number of halogens is 2. The van der Waals surface area contributed by atoms with Gasteiger partial charge in [-0.25, -0.2) is 0 Å². The van der Waals surface area contributed by atoms with Crippen molar-refractivity contribution in [2.75, 3.05) is 16.4 Å². The zero-order valence-electron chi connectivity index (χ0n) is 12.9. The Kier molecular flexibility index (Phi) is 6.30. The summed E-state index contributed by atoms with van der Waals surface area (Å²) >= 11 is 11.3. The van der Waals surface area contributed by atoms with Gasteiger partial charge in [0.2, 0.25) is 11.0 Å². The Morgan fingerprint density at radius 2 is 1.92 bits per heavy atom. The SMILES string of the molecule is O=C(CSc1nnc(NC(=O)c2ccc(Br)o2)s1)Nc1ccc(Cl)cc1. The van der Waals surface area contributed by atoms with Crippen LogP contribution in [0.5, 0.6) is 0 Å². The van der Waals surface area contributed by atoms with Gasteiger partial charge in [0.05, 0.1) is 5.75 Å². The van der Waals surface area contributed by atoms with E-state index in [1.165, 1.54) is 29.2 Å². The topological polar surface area (TPSA) is 97.1 Å². The normalized spacial score (nSPS) is 10.5. The lowest BCUT2D eigenvalue weighted by atomic mass is 10.3. The molecule has 1 aromatic carbocycles. The number of thioether (sulfide) groups is 1. The number of benzene rings is 1. The molecule has 2 heterocycles. The second kappa shape index (κ2) is 8.67. The number of rotatable bonds is 6. The maximum absolute atomic E-state index is 12.0. The zero-order chi connectivity index (χ0) is 18.5. The molecule has 0 aliphatic heterocycles. The Morgan fingerprint density at radius 1 is 1.15 bits per heavy atom. The minimum atomic E-state index is -0.427. The molecule has 0 aliphatic rings. The molecule has 3 rings (SSSR count).